The van der Waals surface area contributed by atoms with Crippen molar-refractivity contribution in [3.05, 3.63) is 41.7 Å². The highest BCUT2D eigenvalue weighted by Gasteiger charge is 2.47. The van der Waals surface area contributed by atoms with E-state index in [1.807, 2.05) is 24.3 Å². The van der Waals surface area contributed by atoms with Crippen molar-refractivity contribution >= 4 is 5.91 Å². The first kappa shape index (κ1) is 18.0. The largest absolute Gasteiger partial charge is 0.504 e. The van der Waals surface area contributed by atoms with Crippen LogP contribution in [0, 0.1) is 5.41 Å². The topological polar surface area (TPSA) is 84.4 Å². The maximum absolute atomic E-state index is 13.0. The highest BCUT2D eigenvalue weighted by molar-refractivity contribution is 5.95. The predicted octanol–water partition coefficient (Wildman–Crippen LogP) is 3.04. The van der Waals surface area contributed by atoms with Gasteiger partial charge in [-0.05, 0) is 42.9 Å². The van der Waals surface area contributed by atoms with Crippen LogP contribution in [-0.2, 0) is 0 Å². The third-order valence-electron chi connectivity index (χ3n) is 6.37. The Hall–Kier alpha value is -2.34. The van der Waals surface area contributed by atoms with Crippen LogP contribution in [0.2, 0.25) is 0 Å². The second kappa shape index (κ2) is 6.68. The highest BCUT2D eigenvalue weighted by Crippen LogP contribution is 2.45. The summed E-state index contributed by atoms with van der Waals surface area (Å²) < 4.78 is 1.57. The third kappa shape index (κ3) is 3.12. The Morgan fingerprint density at radius 2 is 2.04 bits per heavy atom. The molecule has 1 aliphatic heterocycles. The average Bonchev–Trinajstić information content (AvgIpc) is 3.35. The van der Waals surface area contributed by atoms with Crippen LogP contribution >= 0.6 is 0 Å². The Bertz CT molecular complexity index is 842. The molecule has 1 aromatic carbocycles. The summed E-state index contributed by atoms with van der Waals surface area (Å²) in [4.78, 5) is 14.8. The van der Waals surface area contributed by atoms with Gasteiger partial charge in [-0.1, -0.05) is 32.4 Å². The van der Waals surface area contributed by atoms with Gasteiger partial charge in [0, 0.05) is 24.5 Å². The Balaban J connectivity index is 1.54. The molecule has 1 saturated carbocycles. The van der Waals surface area contributed by atoms with Gasteiger partial charge >= 0.3 is 0 Å². The van der Waals surface area contributed by atoms with E-state index in [0.717, 1.165) is 31.4 Å². The van der Waals surface area contributed by atoms with Gasteiger partial charge in [-0.25, -0.2) is 4.68 Å². The summed E-state index contributed by atoms with van der Waals surface area (Å²) in [5.41, 5.74) is 8.55. The Morgan fingerprint density at radius 1 is 1.30 bits per heavy atom. The molecule has 0 bridgehead atoms. The summed E-state index contributed by atoms with van der Waals surface area (Å²) in [6.45, 7) is 5.64. The molecule has 2 unspecified atom stereocenters. The first-order valence-electron chi connectivity index (χ1n) is 9.83. The number of aromatic hydroxyl groups is 1. The van der Waals surface area contributed by atoms with Crippen molar-refractivity contribution in [1.82, 2.24) is 14.7 Å². The second-order valence-corrected chi connectivity index (χ2v) is 8.39. The van der Waals surface area contributed by atoms with Crippen molar-refractivity contribution < 1.29 is 9.90 Å². The van der Waals surface area contributed by atoms with Gasteiger partial charge in [0.25, 0.3) is 5.91 Å². The van der Waals surface area contributed by atoms with E-state index in [1.54, 1.807) is 9.58 Å². The summed E-state index contributed by atoms with van der Waals surface area (Å²) in [5.74, 6) is 0.164. The van der Waals surface area contributed by atoms with E-state index in [9.17, 15) is 9.90 Å². The number of likely N-dealkylation sites (tertiary alicyclic amines) is 1. The fraction of sp³-hybridized carbons (Fsp3) is 0.524. The molecule has 2 atom stereocenters. The molecule has 2 aromatic rings. The van der Waals surface area contributed by atoms with Gasteiger partial charge in [-0.2, -0.15) is 5.10 Å². The van der Waals surface area contributed by atoms with Crippen LogP contribution in [0.5, 0.6) is 5.75 Å². The monoisotopic (exact) mass is 368 g/mol. The minimum atomic E-state index is -0.207. The highest BCUT2D eigenvalue weighted by atomic mass is 16.3. The minimum Gasteiger partial charge on any atom is -0.504 e. The zero-order valence-electron chi connectivity index (χ0n) is 16.1. The van der Waals surface area contributed by atoms with Gasteiger partial charge in [-0.15, -0.1) is 0 Å². The number of carbonyl (C=O) groups excluding carboxylic acids is 1. The molecule has 6 nitrogen and oxygen atoms in total. The summed E-state index contributed by atoms with van der Waals surface area (Å²) in [6, 6.07) is 8.18. The van der Waals surface area contributed by atoms with Crippen molar-refractivity contribution in [3.8, 4) is 11.4 Å². The molecule has 1 amide bonds. The van der Waals surface area contributed by atoms with Crippen LogP contribution in [0.25, 0.3) is 5.69 Å². The fourth-order valence-corrected chi connectivity index (χ4v) is 4.55. The number of nitrogens with two attached hydrogens (primary N) is 1. The zero-order chi connectivity index (χ0) is 19.2. The molecule has 0 radical (unpaired) electrons. The van der Waals surface area contributed by atoms with E-state index in [-0.39, 0.29) is 28.8 Å². The first-order chi connectivity index (χ1) is 12.9. The number of rotatable bonds is 3. The first-order valence-corrected chi connectivity index (χ1v) is 9.83. The number of hydrogen-bond acceptors (Lipinski definition) is 4. The molecule has 2 aliphatic rings. The van der Waals surface area contributed by atoms with E-state index in [2.05, 4.69) is 18.9 Å². The van der Waals surface area contributed by atoms with E-state index in [1.165, 1.54) is 11.8 Å². The van der Waals surface area contributed by atoms with E-state index < -0.39 is 0 Å². The molecule has 4 rings (SSSR count). The molecule has 3 N–H and O–H groups in total. The van der Waals surface area contributed by atoms with Gasteiger partial charge < -0.3 is 15.7 Å². The van der Waals surface area contributed by atoms with Crippen LogP contribution in [0.3, 0.4) is 0 Å². The van der Waals surface area contributed by atoms with Crippen molar-refractivity contribution in [2.75, 3.05) is 13.1 Å². The molecule has 27 heavy (non-hydrogen) atoms. The SMILES string of the molecule is CC(C)c1ccc(-n2cc(O)c(C(=O)N3CCC4(CCCC4N)C3)n2)cc1. The van der Waals surface area contributed by atoms with Crippen molar-refractivity contribution in [3.63, 3.8) is 0 Å². The van der Waals surface area contributed by atoms with E-state index in [4.69, 9.17) is 5.73 Å². The quantitative estimate of drug-likeness (QED) is 0.872. The van der Waals surface area contributed by atoms with Gasteiger partial charge in [0.1, 0.15) is 0 Å². The summed E-state index contributed by atoms with van der Waals surface area (Å²) in [5, 5.41) is 14.7. The minimum absolute atomic E-state index is 0.0561. The van der Waals surface area contributed by atoms with Crippen LogP contribution in [0.15, 0.2) is 30.5 Å². The maximum atomic E-state index is 13.0. The van der Waals surface area contributed by atoms with Gasteiger partial charge in [0.15, 0.2) is 11.4 Å². The number of hydrogen-bond donors (Lipinski definition) is 2. The van der Waals surface area contributed by atoms with Crippen LogP contribution in [0.1, 0.15) is 61.5 Å². The number of amides is 1. The van der Waals surface area contributed by atoms with E-state index >= 15 is 0 Å². The predicted molar refractivity (Wildman–Crippen MR) is 104 cm³/mol. The van der Waals surface area contributed by atoms with Gasteiger partial charge in [0.2, 0.25) is 0 Å². The molecular formula is C21H28N4O2. The Morgan fingerprint density at radius 3 is 2.67 bits per heavy atom. The van der Waals surface area contributed by atoms with E-state index in [0.29, 0.717) is 19.0 Å². The number of carbonyl (C=O) groups is 1. The molecule has 2 heterocycles. The second-order valence-electron chi connectivity index (χ2n) is 8.39. The van der Waals surface area contributed by atoms with Crippen molar-refractivity contribution in [1.29, 1.82) is 0 Å². The van der Waals surface area contributed by atoms with Crippen LogP contribution < -0.4 is 5.73 Å². The summed E-state index contributed by atoms with van der Waals surface area (Å²) in [6.07, 6.45) is 5.70. The smallest absolute Gasteiger partial charge is 0.278 e. The standard InChI is InChI=1S/C21H28N4O2/c1-14(2)15-5-7-16(8-6-15)25-12-17(26)19(23-25)20(27)24-11-10-21(13-24)9-3-4-18(21)22/h5-8,12,14,18,26H,3-4,9-11,13,22H2,1-2H3. The normalized spacial score (nSPS) is 25.0. The molecule has 6 heteroatoms. The lowest BCUT2D eigenvalue weighted by Crippen LogP contribution is -2.40. The van der Waals surface area contributed by atoms with Gasteiger partial charge in [0.05, 0.1) is 11.9 Å². The summed E-state index contributed by atoms with van der Waals surface area (Å²) in [7, 11) is 0. The molecule has 2 fully saturated rings. The maximum Gasteiger partial charge on any atom is 0.278 e. The van der Waals surface area contributed by atoms with Crippen LogP contribution in [-0.4, -0.2) is 44.8 Å². The lowest BCUT2D eigenvalue weighted by Gasteiger charge is -2.28. The zero-order valence-corrected chi connectivity index (χ0v) is 16.1. The Labute approximate surface area is 160 Å². The van der Waals surface area contributed by atoms with Gasteiger partial charge in [-0.3, -0.25) is 4.79 Å². The number of aromatic nitrogens is 2. The Kier molecular flexibility index (Phi) is 4.46. The number of nitrogens with zero attached hydrogens (tertiary/aromatic N) is 3. The molecule has 144 valence electrons. The average molecular weight is 368 g/mol. The molecular weight excluding hydrogens is 340 g/mol. The van der Waals surface area contributed by atoms with Crippen molar-refractivity contribution in [2.24, 2.45) is 11.1 Å². The van der Waals surface area contributed by atoms with Crippen molar-refractivity contribution in [2.45, 2.75) is 51.5 Å². The third-order valence-corrected chi connectivity index (χ3v) is 6.37. The summed E-state index contributed by atoms with van der Waals surface area (Å²) >= 11 is 0. The molecule has 1 aliphatic carbocycles. The molecule has 1 saturated heterocycles. The lowest BCUT2D eigenvalue weighted by molar-refractivity contribution is 0.0760. The lowest BCUT2D eigenvalue weighted by atomic mass is 9.82. The molecule has 1 spiro atoms. The fourth-order valence-electron chi connectivity index (χ4n) is 4.55. The number of benzene rings is 1. The van der Waals surface area contributed by atoms with Crippen LogP contribution in [0.4, 0.5) is 0 Å². The molecule has 1 aromatic heterocycles.